The monoisotopic (exact) mass is 247 g/mol. The van der Waals surface area contributed by atoms with Gasteiger partial charge >= 0.3 is 0 Å². The largest absolute Gasteiger partial charge is 0.508 e. The lowest BCUT2D eigenvalue weighted by molar-refractivity contribution is 0.0991. The maximum Gasteiger partial charge on any atom is 0.123 e. The first-order valence-electron chi connectivity index (χ1n) is 6.96. The summed E-state index contributed by atoms with van der Waals surface area (Å²) >= 11 is 0. The molecule has 2 atom stereocenters. The van der Waals surface area contributed by atoms with E-state index in [1.807, 2.05) is 12.1 Å². The Bertz CT molecular complexity index is 433. The molecule has 2 aliphatic heterocycles. The zero-order valence-electron chi connectivity index (χ0n) is 10.9. The fraction of sp³-hybridized carbons (Fsp3) is 0.600. The van der Waals surface area contributed by atoms with Crippen molar-refractivity contribution in [3.63, 3.8) is 0 Å². The molecular weight excluding hydrogens is 226 g/mol. The van der Waals surface area contributed by atoms with Crippen LogP contribution in [0.5, 0.6) is 11.5 Å². The lowest BCUT2D eigenvalue weighted by Gasteiger charge is -2.42. The highest BCUT2D eigenvalue weighted by Gasteiger charge is 2.35. The normalized spacial score (nSPS) is 27.2. The predicted molar refractivity (Wildman–Crippen MR) is 71.2 cm³/mol. The molecular formula is C15H21NO2. The van der Waals surface area contributed by atoms with Crippen molar-refractivity contribution in [3.05, 3.63) is 23.8 Å². The second-order valence-corrected chi connectivity index (χ2v) is 5.49. The molecule has 1 fully saturated rings. The highest BCUT2D eigenvalue weighted by Crippen LogP contribution is 2.42. The van der Waals surface area contributed by atoms with Crippen LogP contribution in [0.25, 0.3) is 0 Å². The van der Waals surface area contributed by atoms with E-state index in [0.717, 1.165) is 18.9 Å². The van der Waals surface area contributed by atoms with Crippen LogP contribution in [0.1, 0.15) is 31.2 Å². The van der Waals surface area contributed by atoms with Gasteiger partial charge < -0.3 is 14.7 Å². The van der Waals surface area contributed by atoms with E-state index in [4.69, 9.17) is 4.74 Å². The predicted octanol–water partition coefficient (Wildman–Crippen LogP) is 2.60. The molecule has 1 aromatic carbocycles. The SMILES string of the molecule is CCCN1CC[C@H]2COc3ccc(O)cc3[C@H]2C1. The van der Waals surface area contributed by atoms with Crippen molar-refractivity contribution in [2.24, 2.45) is 5.92 Å². The first-order valence-corrected chi connectivity index (χ1v) is 6.96. The standard InChI is InChI=1S/C15H21NO2/c1-2-6-16-7-5-11-10-18-15-4-3-12(17)8-13(15)14(11)9-16/h3-4,8,11,14,17H,2,5-7,9-10H2,1H3/t11-,14-/m0/s1. The molecule has 0 unspecified atom stereocenters. The molecule has 0 aliphatic carbocycles. The van der Waals surface area contributed by atoms with E-state index in [-0.39, 0.29) is 0 Å². The Kier molecular flexibility index (Phi) is 3.16. The van der Waals surface area contributed by atoms with Crippen molar-refractivity contribution in [1.82, 2.24) is 4.90 Å². The van der Waals surface area contributed by atoms with Gasteiger partial charge in [0.2, 0.25) is 0 Å². The van der Waals surface area contributed by atoms with E-state index in [1.54, 1.807) is 6.07 Å². The summed E-state index contributed by atoms with van der Waals surface area (Å²) in [6, 6.07) is 5.51. The average molecular weight is 247 g/mol. The van der Waals surface area contributed by atoms with E-state index in [0.29, 0.717) is 17.6 Å². The molecule has 1 aromatic rings. The summed E-state index contributed by atoms with van der Waals surface area (Å²) in [6.45, 7) is 6.54. The first-order chi connectivity index (χ1) is 8.78. The Hall–Kier alpha value is -1.22. The van der Waals surface area contributed by atoms with Crippen molar-refractivity contribution in [3.8, 4) is 11.5 Å². The molecule has 98 valence electrons. The van der Waals surface area contributed by atoms with Crippen LogP contribution in [-0.4, -0.2) is 36.2 Å². The number of rotatable bonds is 2. The second-order valence-electron chi connectivity index (χ2n) is 5.49. The first kappa shape index (κ1) is 11.8. The van der Waals surface area contributed by atoms with E-state index in [1.165, 1.54) is 31.5 Å². The number of phenols is 1. The Morgan fingerprint density at radius 2 is 2.33 bits per heavy atom. The molecule has 1 saturated heterocycles. The number of hydrogen-bond acceptors (Lipinski definition) is 3. The molecule has 18 heavy (non-hydrogen) atoms. The topological polar surface area (TPSA) is 32.7 Å². The quantitative estimate of drug-likeness (QED) is 0.872. The number of ether oxygens (including phenoxy) is 1. The zero-order valence-corrected chi connectivity index (χ0v) is 10.9. The smallest absolute Gasteiger partial charge is 0.123 e. The molecule has 2 heterocycles. The number of fused-ring (bicyclic) bond motifs is 3. The summed E-state index contributed by atoms with van der Waals surface area (Å²) in [5, 5.41) is 9.68. The lowest BCUT2D eigenvalue weighted by atomic mass is 9.79. The van der Waals surface area contributed by atoms with Crippen LogP contribution in [0.3, 0.4) is 0 Å². The van der Waals surface area contributed by atoms with Gasteiger partial charge in [0.05, 0.1) is 6.61 Å². The average Bonchev–Trinajstić information content (AvgIpc) is 2.39. The lowest BCUT2D eigenvalue weighted by Crippen LogP contribution is -2.43. The zero-order chi connectivity index (χ0) is 12.5. The number of likely N-dealkylation sites (tertiary alicyclic amines) is 1. The summed E-state index contributed by atoms with van der Waals surface area (Å²) in [5.74, 6) is 2.46. The fourth-order valence-electron chi connectivity index (χ4n) is 3.29. The Balaban J connectivity index is 1.87. The Morgan fingerprint density at radius 1 is 1.44 bits per heavy atom. The van der Waals surface area contributed by atoms with Gasteiger partial charge in [-0.05, 0) is 44.1 Å². The van der Waals surface area contributed by atoms with Gasteiger partial charge in [-0.3, -0.25) is 0 Å². The van der Waals surface area contributed by atoms with Gasteiger partial charge in [-0.1, -0.05) is 6.92 Å². The third-order valence-electron chi connectivity index (χ3n) is 4.23. The maximum atomic E-state index is 9.68. The van der Waals surface area contributed by atoms with Crippen molar-refractivity contribution < 1.29 is 9.84 Å². The minimum atomic E-state index is 0.352. The molecule has 0 amide bonds. The maximum absolute atomic E-state index is 9.68. The summed E-state index contributed by atoms with van der Waals surface area (Å²) in [5.41, 5.74) is 1.20. The van der Waals surface area contributed by atoms with Crippen LogP contribution in [-0.2, 0) is 0 Å². The van der Waals surface area contributed by atoms with Crippen molar-refractivity contribution in [2.75, 3.05) is 26.2 Å². The van der Waals surface area contributed by atoms with Crippen LogP contribution in [0.15, 0.2) is 18.2 Å². The molecule has 1 N–H and O–H groups in total. The molecule has 3 rings (SSSR count). The molecule has 0 radical (unpaired) electrons. The number of piperidine rings is 1. The van der Waals surface area contributed by atoms with Gasteiger partial charge in [-0.2, -0.15) is 0 Å². The number of aromatic hydroxyl groups is 1. The second kappa shape index (κ2) is 4.81. The molecule has 0 bridgehead atoms. The van der Waals surface area contributed by atoms with E-state index in [9.17, 15) is 5.11 Å². The van der Waals surface area contributed by atoms with Gasteiger partial charge in [0.15, 0.2) is 0 Å². The van der Waals surface area contributed by atoms with Crippen LogP contribution in [0.4, 0.5) is 0 Å². The summed E-state index contributed by atoms with van der Waals surface area (Å²) in [6.07, 6.45) is 2.42. The molecule has 0 spiro atoms. The van der Waals surface area contributed by atoms with E-state index < -0.39 is 0 Å². The molecule has 3 nitrogen and oxygen atoms in total. The number of hydrogen-bond donors (Lipinski definition) is 1. The van der Waals surface area contributed by atoms with Gasteiger partial charge in [0, 0.05) is 23.9 Å². The molecule has 0 saturated carbocycles. The third-order valence-corrected chi connectivity index (χ3v) is 4.23. The van der Waals surface area contributed by atoms with Gasteiger partial charge in [-0.25, -0.2) is 0 Å². The number of benzene rings is 1. The van der Waals surface area contributed by atoms with E-state index >= 15 is 0 Å². The van der Waals surface area contributed by atoms with Crippen molar-refractivity contribution in [1.29, 1.82) is 0 Å². The fourth-order valence-corrected chi connectivity index (χ4v) is 3.29. The van der Waals surface area contributed by atoms with Gasteiger partial charge in [-0.15, -0.1) is 0 Å². The summed E-state index contributed by atoms with van der Waals surface area (Å²) in [4.78, 5) is 2.54. The Morgan fingerprint density at radius 3 is 3.17 bits per heavy atom. The van der Waals surface area contributed by atoms with Crippen LogP contribution in [0, 0.1) is 5.92 Å². The summed E-state index contributed by atoms with van der Waals surface area (Å²) in [7, 11) is 0. The van der Waals surface area contributed by atoms with Gasteiger partial charge in [0.1, 0.15) is 11.5 Å². The van der Waals surface area contributed by atoms with Gasteiger partial charge in [0.25, 0.3) is 0 Å². The highest BCUT2D eigenvalue weighted by molar-refractivity contribution is 5.44. The van der Waals surface area contributed by atoms with E-state index in [2.05, 4.69) is 11.8 Å². The van der Waals surface area contributed by atoms with Crippen molar-refractivity contribution in [2.45, 2.75) is 25.7 Å². The van der Waals surface area contributed by atoms with Crippen LogP contribution < -0.4 is 4.74 Å². The molecule has 3 heteroatoms. The number of nitrogens with zero attached hydrogens (tertiary/aromatic N) is 1. The number of phenolic OH excluding ortho intramolecular Hbond substituents is 1. The summed E-state index contributed by atoms with van der Waals surface area (Å²) < 4.78 is 5.81. The minimum Gasteiger partial charge on any atom is -0.508 e. The third kappa shape index (κ3) is 2.07. The minimum absolute atomic E-state index is 0.352. The van der Waals surface area contributed by atoms with Crippen LogP contribution in [0.2, 0.25) is 0 Å². The Labute approximate surface area is 108 Å². The van der Waals surface area contributed by atoms with Crippen LogP contribution >= 0.6 is 0 Å². The van der Waals surface area contributed by atoms with Crippen molar-refractivity contribution >= 4 is 0 Å². The molecule has 2 aliphatic rings. The molecule has 0 aromatic heterocycles. The highest BCUT2D eigenvalue weighted by atomic mass is 16.5.